The molecule has 2 N–H and O–H groups in total. The van der Waals surface area contributed by atoms with Gasteiger partial charge < -0.3 is 19.4 Å². The van der Waals surface area contributed by atoms with Crippen LogP contribution in [0, 0.1) is 11.8 Å². The van der Waals surface area contributed by atoms with E-state index >= 15 is 0 Å². The molecule has 136 valence electrons. The van der Waals surface area contributed by atoms with E-state index in [1.54, 1.807) is 5.48 Å². The number of hydrogen-bond acceptors (Lipinski definition) is 5. The molecule has 8 nitrogen and oxygen atoms in total. The smallest absolute Gasteiger partial charge is 0.320 e. The molecule has 24 heavy (non-hydrogen) atoms. The summed E-state index contributed by atoms with van der Waals surface area (Å²) in [6.07, 6.45) is 2.18. The minimum absolute atomic E-state index is 0.00802. The van der Waals surface area contributed by atoms with Crippen molar-refractivity contribution in [1.29, 1.82) is 0 Å². The maximum absolute atomic E-state index is 12.8. The number of piperazine rings is 1. The second kappa shape index (κ2) is 7.67. The summed E-state index contributed by atoms with van der Waals surface area (Å²) in [6, 6.07) is 0.113. The summed E-state index contributed by atoms with van der Waals surface area (Å²) in [7, 11) is 2.08. The lowest BCUT2D eigenvalue weighted by Gasteiger charge is -2.38. The number of amides is 3. The zero-order valence-electron chi connectivity index (χ0n) is 14.3. The van der Waals surface area contributed by atoms with Crippen LogP contribution in [0.15, 0.2) is 0 Å². The van der Waals surface area contributed by atoms with Gasteiger partial charge in [-0.1, -0.05) is 0 Å². The molecule has 0 bridgehead atoms. The van der Waals surface area contributed by atoms with Gasteiger partial charge in [0.25, 0.3) is 0 Å². The van der Waals surface area contributed by atoms with Crippen LogP contribution in [-0.2, 0) is 9.53 Å². The number of hydrogen-bond donors (Lipinski definition) is 2. The monoisotopic (exact) mass is 340 g/mol. The highest BCUT2D eigenvalue weighted by Crippen LogP contribution is 2.33. The molecule has 3 amide bonds. The Kier molecular flexibility index (Phi) is 5.57. The largest absolute Gasteiger partial charge is 0.376 e. The van der Waals surface area contributed by atoms with Crippen molar-refractivity contribution in [3.05, 3.63) is 0 Å². The van der Waals surface area contributed by atoms with Gasteiger partial charge in [0.2, 0.25) is 5.91 Å². The number of fused-ring (bicyclic) bond motifs is 1. The molecule has 2 heterocycles. The summed E-state index contributed by atoms with van der Waals surface area (Å²) >= 11 is 0. The molecule has 3 aliphatic rings. The van der Waals surface area contributed by atoms with Crippen LogP contribution in [0.5, 0.6) is 0 Å². The number of urea groups is 1. The lowest BCUT2D eigenvalue weighted by atomic mass is 9.79. The molecule has 0 aromatic rings. The molecule has 1 aliphatic carbocycles. The van der Waals surface area contributed by atoms with E-state index in [2.05, 4.69) is 11.9 Å². The van der Waals surface area contributed by atoms with E-state index in [1.807, 2.05) is 9.80 Å². The summed E-state index contributed by atoms with van der Waals surface area (Å²) in [5, 5.41) is 8.81. The molecule has 3 atom stereocenters. The average molecular weight is 340 g/mol. The van der Waals surface area contributed by atoms with E-state index in [-0.39, 0.29) is 29.9 Å². The van der Waals surface area contributed by atoms with Crippen LogP contribution < -0.4 is 5.48 Å². The molecule has 0 spiro atoms. The minimum atomic E-state index is -0.327. The van der Waals surface area contributed by atoms with Crippen molar-refractivity contribution >= 4 is 11.9 Å². The zero-order chi connectivity index (χ0) is 17.1. The third kappa shape index (κ3) is 3.81. The van der Waals surface area contributed by atoms with E-state index in [0.717, 1.165) is 39.0 Å². The van der Waals surface area contributed by atoms with Gasteiger partial charge >= 0.3 is 6.03 Å². The Morgan fingerprint density at radius 2 is 1.83 bits per heavy atom. The van der Waals surface area contributed by atoms with E-state index < -0.39 is 0 Å². The molecule has 3 rings (SSSR count). The highest BCUT2D eigenvalue weighted by molar-refractivity contribution is 5.77. The van der Waals surface area contributed by atoms with Crippen molar-refractivity contribution < 1.29 is 19.5 Å². The standard InChI is InChI=1S/C16H28N4O4/c1-18-4-6-19(7-5-18)16(22)20-8-9-24-14-10-12(15(21)17-23)2-3-13(14)11-20/h12-14,23H,2-11H2,1H3,(H,17,21). The molecular formula is C16H28N4O4. The van der Waals surface area contributed by atoms with Crippen molar-refractivity contribution in [2.75, 3.05) is 52.9 Å². The number of likely N-dealkylation sites (N-methyl/N-ethyl adjacent to an activating group) is 1. The quantitative estimate of drug-likeness (QED) is 0.517. The van der Waals surface area contributed by atoms with Crippen LogP contribution in [0.1, 0.15) is 19.3 Å². The van der Waals surface area contributed by atoms with Crippen LogP contribution >= 0.6 is 0 Å². The fourth-order valence-corrected chi connectivity index (χ4v) is 3.99. The van der Waals surface area contributed by atoms with Gasteiger partial charge in [-0.3, -0.25) is 10.0 Å². The number of ether oxygens (including phenoxy) is 1. The van der Waals surface area contributed by atoms with Gasteiger partial charge in [0, 0.05) is 51.1 Å². The minimum Gasteiger partial charge on any atom is -0.376 e. The molecule has 0 aromatic carbocycles. The second-order valence-corrected chi connectivity index (χ2v) is 7.17. The highest BCUT2D eigenvalue weighted by atomic mass is 16.5. The van der Waals surface area contributed by atoms with Crippen molar-refractivity contribution in [2.45, 2.75) is 25.4 Å². The molecule has 3 unspecified atom stereocenters. The summed E-state index contributed by atoms with van der Waals surface area (Å²) in [5.74, 6) is -0.255. The van der Waals surface area contributed by atoms with Crippen molar-refractivity contribution in [3.63, 3.8) is 0 Å². The van der Waals surface area contributed by atoms with Crippen LogP contribution in [0.25, 0.3) is 0 Å². The normalized spacial score (nSPS) is 32.0. The van der Waals surface area contributed by atoms with Crippen LogP contribution in [0.2, 0.25) is 0 Å². The first-order chi connectivity index (χ1) is 11.6. The number of rotatable bonds is 1. The maximum Gasteiger partial charge on any atom is 0.320 e. The molecule has 2 saturated heterocycles. The molecule has 8 heteroatoms. The third-order valence-electron chi connectivity index (χ3n) is 5.60. The van der Waals surface area contributed by atoms with Gasteiger partial charge in [0.15, 0.2) is 0 Å². The SMILES string of the molecule is CN1CCN(C(=O)N2CCOC3CC(C(=O)NO)CCC3C2)CC1. The zero-order valence-corrected chi connectivity index (χ0v) is 14.3. The fourth-order valence-electron chi connectivity index (χ4n) is 3.99. The molecule has 0 aromatic heterocycles. The lowest BCUT2D eigenvalue weighted by Crippen LogP contribution is -2.53. The molecule has 0 radical (unpaired) electrons. The predicted molar refractivity (Wildman–Crippen MR) is 86.5 cm³/mol. The second-order valence-electron chi connectivity index (χ2n) is 7.17. The number of carbonyl (C=O) groups excluding carboxylic acids is 2. The van der Waals surface area contributed by atoms with Crippen LogP contribution in [0.3, 0.4) is 0 Å². The van der Waals surface area contributed by atoms with Crippen molar-refractivity contribution in [3.8, 4) is 0 Å². The van der Waals surface area contributed by atoms with Crippen molar-refractivity contribution in [2.24, 2.45) is 11.8 Å². The number of nitrogens with one attached hydrogen (secondary N) is 1. The van der Waals surface area contributed by atoms with E-state index in [0.29, 0.717) is 26.1 Å². The van der Waals surface area contributed by atoms with Crippen LogP contribution in [0.4, 0.5) is 4.79 Å². The van der Waals surface area contributed by atoms with Gasteiger partial charge in [0.05, 0.1) is 12.7 Å². The Balaban J connectivity index is 1.57. The van der Waals surface area contributed by atoms with Gasteiger partial charge in [-0.05, 0) is 26.3 Å². The number of carbonyl (C=O) groups is 2. The highest BCUT2D eigenvalue weighted by Gasteiger charge is 2.38. The summed E-state index contributed by atoms with van der Waals surface area (Å²) in [6.45, 7) is 5.20. The van der Waals surface area contributed by atoms with Crippen molar-refractivity contribution in [1.82, 2.24) is 20.2 Å². The Labute approximate surface area is 142 Å². The Bertz CT molecular complexity index is 467. The summed E-state index contributed by atoms with van der Waals surface area (Å²) in [4.78, 5) is 30.5. The molecule has 2 aliphatic heterocycles. The lowest BCUT2D eigenvalue weighted by molar-refractivity contribution is -0.137. The summed E-state index contributed by atoms with van der Waals surface area (Å²) < 4.78 is 5.93. The average Bonchev–Trinajstić information content (AvgIpc) is 2.82. The van der Waals surface area contributed by atoms with Crippen LogP contribution in [-0.4, -0.2) is 90.9 Å². The Morgan fingerprint density at radius 1 is 1.08 bits per heavy atom. The Morgan fingerprint density at radius 3 is 2.54 bits per heavy atom. The molecule has 1 saturated carbocycles. The fraction of sp³-hybridized carbons (Fsp3) is 0.875. The van der Waals surface area contributed by atoms with Gasteiger partial charge in [-0.15, -0.1) is 0 Å². The van der Waals surface area contributed by atoms with E-state index in [1.165, 1.54) is 0 Å². The topological polar surface area (TPSA) is 85.3 Å². The van der Waals surface area contributed by atoms with E-state index in [4.69, 9.17) is 9.94 Å². The van der Waals surface area contributed by atoms with Gasteiger partial charge in [0.1, 0.15) is 0 Å². The third-order valence-corrected chi connectivity index (χ3v) is 5.60. The maximum atomic E-state index is 12.8. The first-order valence-electron chi connectivity index (χ1n) is 8.86. The molecule has 3 fully saturated rings. The summed E-state index contributed by atoms with van der Waals surface area (Å²) in [5.41, 5.74) is 1.75. The first-order valence-corrected chi connectivity index (χ1v) is 8.86. The van der Waals surface area contributed by atoms with Gasteiger partial charge in [-0.2, -0.15) is 0 Å². The molecular weight excluding hydrogens is 312 g/mol. The Hall–Kier alpha value is -1.38. The van der Waals surface area contributed by atoms with E-state index in [9.17, 15) is 9.59 Å². The number of hydroxylamine groups is 1. The predicted octanol–water partition coefficient (Wildman–Crippen LogP) is -0.0237. The van der Waals surface area contributed by atoms with Gasteiger partial charge in [-0.25, -0.2) is 10.3 Å². The first kappa shape index (κ1) is 17.4. The number of nitrogens with zero attached hydrogens (tertiary/aromatic N) is 3.